The lowest BCUT2D eigenvalue weighted by atomic mass is 10.2. The first-order valence-corrected chi connectivity index (χ1v) is 6.77. The van der Waals surface area contributed by atoms with Crippen molar-refractivity contribution in [3.8, 4) is 0 Å². The standard InChI is InChI=1S/C14H16N2O8/c15-8-12(18)22-21-11(17)7-6-10(16)14(20)24-23-13(19)9-4-2-1-3-5-9/h1-5,10H,6-8,15-16H2/t10-/m1/s1. The molecule has 0 amide bonds. The quantitative estimate of drug-likeness (QED) is 0.504. The molecule has 0 aliphatic carbocycles. The van der Waals surface area contributed by atoms with Crippen LogP contribution in [0.3, 0.4) is 0 Å². The van der Waals surface area contributed by atoms with Crippen molar-refractivity contribution in [3.05, 3.63) is 35.9 Å². The summed E-state index contributed by atoms with van der Waals surface area (Å²) in [4.78, 5) is 61.7. The minimum Gasteiger partial charge on any atom is -0.321 e. The summed E-state index contributed by atoms with van der Waals surface area (Å²) in [6, 6.07) is 6.60. The highest BCUT2D eigenvalue weighted by Crippen LogP contribution is 2.04. The van der Waals surface area contributed by atoms with E-state index < -0.39 is 36.5 Å². The van der Waals surface area contributed by atoms with E-state index >= 15 is 0 Å². The van der Waals surface area contributed by atoms with Crippen LogP contribution in [-0.4, -0.2) is 36.5 Å². The monoisotopic (exact) mass is 340 g/mol. The van der Waals surface area contributed by atoms with Crippen molar-refractivity contribution < 1.29 is 38.7 Å². The summed E-state index contributed by atoms with van der Waals surface area (Å²) < 4.78 is 0. The van der Waals surface area contributed by atoms with E-state index in [9.17, 15) is 19.2 Å². The zero-order valence-corrected chi connectivity index (χ0v) is 12.5. The molecule has 130 valence electrons. The molecule has 0 spiro atoms. The second kappa shape index (κ2) is 9.92. The molecule has 0 fully saturated rings. The summed E-state index contributed by atoms with van der Waals surface area (Å²) in [5.41, 5.74) is 10.6. The van der Waals surface area contributed by atoms with E-state index in [-0.39, 0.29) is 18.4 Å². The number of nitrogens with two attached hydrogens (primary N) is 2. The molecule has 10 heteroatoms. The lowest BCUT2D eigenvalue weighted by Gasteiger charge is -2.09. The van der Waals surface area contributed by atoms with Gasteiger partial charge in [-0.25, -0.2) is 38.7 Å². The van der Waals surface area contributed by atoms with Gasteiger partial charge in [-0.15, -0.1) is 0 Å². The Morgan fingerprint density at radius 2 is 1.54 bits per heavy atom. The Kier molecular flexibility index (Phi) is 7.88. The summed E-state index contributed by atoms with van der Waals surface area (Å²) in [5.74, 6) is -3.78. The Morgan fingerprint density at radius 3 is 2.17 bits per heavy atom. The third-order valence-electron chi connectivity index (χ3n) is 2.57. The molecule has 1 aromatic carbocycles. The SMILES string of the molecule is NCC(=O)OOC(=O)CC[C@@H](N)C(=O)OOC(=O)c1ccccc1. The zero-order valence-electron chi connectivity index (χ0n) is 12.5. The molecule has 1 atom stereocenters. The van der Waals surface area contributed by atoms with Crippen LogP contribution in [0.2, 0.25) is 0 Å². The highest BCUT2D eigenvalue weighted by atomic mass is 17.2. The van der Waals surface area contributed by atoms with E-state index in [1.54, 1.807) is 18.2 Å². The van der Waals surface area contributed by atoms with Gasteiger partial charge in [-0.1, -0.05) is 18.2 Å². The molecule has 0 aliphatic rings. The molecule has 4 N–H and O–H groups in total. The van der Waals surface area contributed by atoms with Crippen LogP contribution in [0, 0.1) is 0 Å². The van der Waals surface area contributed by atoms with Crippen LogP contribution >= 0.6 is 0 Å². The van der Waals surface area contributed by atoms with Gasteiger partial charge >= 0.3 is 23.9 Å². The van der Waals surface area contributed by atoms with Crippen LogP contribution in [0.5, 0.6) is 0 Å². The molecule has 1 aromatic rings. The largest absolute Gasteiger partial charge is 0.386 e. The fraction of sp³-hybridized carbons (Fsp3) is 0.286. The molecule has 0 aliphatic heterocycles. The summed E-state index contributed by atoms with van der Waals surface area (Å²) >= 11 is 0. The molecule has 0 aromatic heterocycles. The van der Waals surface area contributed by atoms with Gasteiger partial charge in [0.15, 0.2) is 0 Å². The summed E-state index contributed by atoms with van der Waals surface area (Å²) in [6.07, 6.45) is -0.512. The van der Waals surface area contributed by atoms with E-state index in [0.29, 0.717) is 0 Å². The van der Waals surface area contributed by atoms with Gasteiger partial charge in [0.1, 0.15) is 6.04 Å². The van der Waals surface area contributed by atoms with Crippen LogP contribution < -0.4 is 11.5 Å². The van der Waals surface area contributed by atoms with Crippen molar-refractivity contribution in [2.45, 2.75) is 18.9 Å². The maximum absolute atomic E-state index is 11.5. The average Bonchev–Trinajstić information content (AvgIpc) is 2.62. The molecule has 0 bridgehead atoms. The summed E-state index contributed by atoms with van der Waals surface area (Å²) in [6.45, 7) is -0.452. The van der Waals surface area contributed by atoms with Crippen LogP contribution in [0.25, 0.3) is 0 Å². The Hall–Kier alpha value is -2.98. The Bertz CT molecular complexity index is 590. The normalized spacial score (nSPS) is 11.1. The molecule has 0 saturated carbocycles. The lowest BCUT2D eigenvalue weighted by Crippen LogP contribution is -2.33. The van der Waals surface area contributed by atoms with Crippen molar-refractivity contribution in [3.63, 3.8) is 0 Å². The number of hydrogen-bond acceptors (Lipinski definition) is 10. The molecular formula is C14H16N2O8. The molecule has 0 heterocycles. The van der Waals surface area contributed by atoms with Crippen molar-refractivity contribution in [2.24, 2.45) is 11.5 Å². The molecule has 24 heavy (non-hydrogen) atoms. The maximum atomic E-state index is 11.5. The summed E-state index contributed by atoms with van der Waals surface area (Å²) in [7, 11) is 0. The van der Waals surface area contributed by atoms with Crippen LogP contribution in [0.1, 0.15) is 23.2 Å². The molecule has 0 unspecified atom stereocenters. The molecular weight excluding hydrogens is 324 g/mol. The van der Waals surface area contributed by atoms with Crippen molar-refractivity contribution in [1.29, 1.82) is 0 Å². The van der Waals surface area contributed by atoms with Gasteiger partial charge < -0.3 is 11.5 Å². The highest BCUT2D eigenvalue weighted by Gasteiger charge is 2.21. The van der Waals surface area contributed by atoms with Crippen molar-refractivity contribution in [1.82, 2.24) is 0 Å². The number of benzene rings is 1. The van der Waals surface area contributed by atoms with Gasteiger partial charge in [0.25, 0.3) is 0 Å². The second-order valence-corrected chi connectivity index (χ2v) is 4.40. The first-order valence-electron chi connectivity index (χ1n) is 6.77. The molecule has 10 nitrogen and oxygen atoms in total. The highest BCUT2D eigenvalue weighted by molar-refractivity contribution is 5.89. The van der Waals surface area contributed by atoms with Gasteiger partial charge in [0.2, 0.25) is 0 Å². The number of rotatable bonds is 6. The van der Waals surface area contributed by atoms with Gasteiger partial charge in [0.05, 0.1) is 18.5 Å². The van der Waals surface area contributed by atoms with E-state index in [2.05, 4.69) is 19.6 Å². The fourth-order valence-corrected chi connectivity index (χ4v) is 1.32. The van der Waals surface area contributed by atoms with Crippen LogP contribution in [0.4, 0.5) is 0 Å². The average molecular weight is 340 g/mol. The molecule has 0 saturated heterocycles. The first kappa shape index (κ1) is 19.1. The van der Waals surface area contributed by atoms with E-state index in [4.69, 9.17) is 11.5 Å². The number of carbonyl (C=O) groups excluding carboxylic acids is 4. The summed E-state index contributed by atoms with van der Waals surface area (Å²) in [5, 5.41) is 0. The third-order valence-corrected chi connectivity index (χ3v) is 2.57. The van der Waals surface area contributed by atoms with Gasteiger partial charge in [-0.2, -0.15) is 0 Å². The molecule has 0 radical (unpaired) electrons. The van der Waals surface area contributed by atoms with Gasteiger partial charge in [-0.3, -0.25) is 0 Å². The van der Waals surface area contributed by atoms with Crippen LogP contribution in [0.15, 0.2) is 30.3 Å². The van der Waals surface area contributed by atoms with Gasteiger partial charge in [0, 0.05) is 0 Å². The maximum Gasteiger partial charge on any atom is 0.386 e. The topological polar surface area (TPSA) is 157 Å². The minimum atomic E-state index is -1.24. The molecule has 1 rings (SSSR count). The first-order chi connectivity index (χ1) is 11.4. The van der Waals surface area contributed by atoms with E-state index in [1.165, 1.54) is 12.1 Å². The Morgan fingerprint density at radius 1 is 0.917 bits per heavy atom. The van der Waals surface area contributed by atoms with Gasteiger partial charge in [-0.05, 0) is 18.6 Å². The van der Waals surface area contributed by atoms with Crippen molar-refractivity contribution >= 4 is 23.9 Å². The fourth-order valence-electron chi connectivity index (χ4n) is 1.32. The van der Waals surface area contributed by atoms with E-state index in [0.717, 1.165) is 0 Å². The Labute approximate surface area is 136 Å². The smallest absolute Gasteiger partial charge is 0.321 e. The second-order valence-electron chi connectivity index (χ2n) is 4.40. The Balaban J connectivity index is 2.28. The minimum absolute atomic E-state index is 0.180. The van der Waals surface area contributed by atoms with Crippen molar-refractivity contribution in [2.75, 3.05) is 6.54 Å². The number of carbonyl (C=O) groups is 4. The predicted octanol–water partition coefficient (Wildman–Crippen LogP) is -0.631. The zero-order chi connectivity index (χ0) is 17.9. The lowest BCUT2D eigenvalue weighted by molar-refractivity contribution is -0.258. The number of hydrogen-bond donors (Lipinski definition) is 2. The van der Waals surface area contributed by atoms with E-state index in [1.807, 2.05) is 0 Å². The third kappa shape index (κ3) is 6.85. The predicted molar refractivity (Wildman–Crippen MR) is 76.4 cm³/mol. The van der Waals surface area contributed by atoms with Crippen LogP contribution in [-0.2, 0) is 33.9 Å².